The van der Waals surface area contributed by atoms with Gasteiger partial charge in [0.15, 0.2) is 0 Å². The molecular weight excluding hydrogens is 344 g/mol. The fourth-order valence-corrected chi connectivity index (χ4v) is 2.51. The average Bonchev–Trinajstić information content (AvgIpc) is 2.52. The monoisotopic (exact) mass is 362 g/mol. The predicted molar refractivity (Wildman–Crippen MR) is 92.2 cm³/mol. The number of anilines is 1. The maximum Gasteiger partial charge on any atom is 0.252 e. The highest BCUT2D eigenvalue weighted by Crippen LogP contribution is 2.18. The van der Waals surface area contributed by atoms with Crippen molar-refractivity contribution in [2.24, 2.45) is 0 Å². The van der Waals surface area contributed by atoms with E-state index >= 15 is 0 Å². The normalized spacial score (nSPS) is 11.8. The molecule has 4 nitrogen and oxygen atoms in total. The van der Waals surface area contributed by atoms with E-state index in [9.17, 15) is 9.90 Å². The van der Waals surface area contributed by atoms with Crippen LogP contribution in [0, 0.1) is 0 Å². The molecule has 0 radical (unpaired) electrons. The van der Waals surface area contributed by atoms with Gasteiger partial charge in [-0.3, -0.25) is 4.79 Å². The number of amides is 1. The van der Waals surface area contributed by atoms with Gasteiger partial charge in [0.25, 0.3) is 5.91 Å². The van der Waals surface area contributed by atoms with E-state index in [4.69, 9.17) is 0 Å². The molecule has 2 aromatic rings. The van der Waals surface area contributed by atoms with E-state index in [0.29, 0.717) is 5.56 Å². The van der Waals surface area contributed by atoms with Crippen LogP contribution < -0.4 is 10.2 Å². The Morgan fingerprint density at radius 3 is 2.41 bits per heavy atom. The van der Waals surface area contributed by atoms with Gasteiger partial charge >= 0.3 is 0 Å². The van der Waals surface area contributed by atoms with Crippen LogP contribution in [-0.4, -0.2) is 31.7 Å². The summed E-state index contributed by atoms with van der Waals surface area (Å²) in [6.45, 7) is 0.168. The second-order valence-corrected chi connectivity index (χ2v) is 6.05. The fourth-order valence-electron chi connectivity index (χ4n) is 2.04. The first-order chi connectivity index (χ1) is 10.5. The molecule has 0 aromatic heterocycles. The molecule has 2 aromatic carbocycles. The van der Waals surface area contributed by atoms with E-state index in [2.05, 4.69) is 21.2 Å². The first-order valence-corrected chi connectivity index (χ1v) is 7.76. The summed E-state index contributed by atoms with van der Waals surface area (Å²) >= 11 is 3.34. The van der Waals surface area contributed by atoms with Crippen LogP contribution in [0.4, 0.5) is 5.69 Å². The number of nitrogens with zero attached hydrogens (tertiary/aromatic N) is 1. The Kier molecular flexibility index (Phi) is 5.57. The van der Waals surface area contributed by atoms with E-state index in [0.717, 1.165) is 15.7 Å². The second-order valence-electron chi connectivity index (χ2n) is 5.19. The Hall–Kier alpha value is -1.85. The fraction of sp³-hybridized carbons (Fsp3) is 0.235. The van der Waals surface area contributed by atoms with Crippen LogP contribution in [0.5, 0.6) is 0 Å². The number of hydrogen-bond acceptors (Lipinski definition) is 3. The Morgan fingerprint density at radius 1 is 1.18 bits per heavy atom. The average molecular weight is 363 g/mol. The molecule has 1 amide bonds. The minimum absolute atomic E-state index is 0.168. The third-order valence-corrected chi connectivity index (χ3v) is 4.06. The van der Waals surface area contributed by atoms with Crippen molar-refractivity contribution in [2.75, 3.05) is 25.5 Å². The van der Waals surface area contributed by atoms with Gasteiger partial charge in [0.05, 0.1) is 11.7 Å². The van der Waals surface area contributed by atoms with E-state index < -0.39 is 6.10 Å². The first kappa shape index (κ1) is 16.5. The van der Waals surface area contributed by atoms with Crippen molar-refractivity contribution < 1.29 is 9.90 Å². The largest absolute Gasteiger partial charge is 0.387 e. The van der Waals surface area contributed by atoms with E-state index in [1.165, 1.54) is 0 Å². The van der Waals surface area contributed by atoms with E-state index in [1.807, 2.05) is 55.4 Å². The summed E-state index contributed by atoms with van der Waals surface area (Å²) in [5.41, 5.74) is 2.39. The zero-order valence-corrected chi connectivity index (χ0v) is 14.2. The molecule has 116 valence electrons. The second kappa shape index (κ2) is 7.42. The summed E-state index contributed by atoms with van der Waals surface area (Å²) in [7, 11) is 3.92. The molecule has 22 heavy (non-hydrogen) atoms. The minimum Gasteiger partial charge on any atom is -0.387 e. The number of rotatable bonds is 5. The third-order valence-electron chi connectivity index (χ3n) is 3.37. The number of aliphatic hydroxyl groups is 1. The summed E-state index contributed by atoms with van der Waals surface area (Å²) in [5, 5.41) is 12.9. The molecule has 2 rings (SSSR count). The molecule has 0 bridgehead atoms. The maximum absolute atomic E-state index is 12.1. The van der Waals surface area contributed by atoms with Gasteiger partial charge in [-0.1, -0.05) is 24.3 Å². The van der Waals surface area contributed by atoms with Gasteiger partial charge in [0.2, 0.25) is 0 Å². The van der Waals surface area contributed by atoms with Crippen molar-refractivity contribution in [1.82, 2.24) is 5.32 Å². The smallest absolute Gasteiger partial charge is 0.252 e. The number of benzene rings is 2. The SMILES string of the molecule is CN(C)c1ccc([C@H](O)CNC(=O)c2ccccc2Br)cc1. The van der Waals surface area contributed by atoms with Crippen molar-refractivity contribution >= 4 is 27.5 Å². The standard InChI is InChI=1S/C17H19BrN2O2/c1-20(2)13-9-7-12(8-10-13)16(21)11-19-17(22)14-5-3-4-6-15(14)18/h3-10,16,21H,11H2,1-2H3,(H,19,22)/t16-/m1/s1. The van der Waals surface area contributed by atoms with E-state index in [-0.39, 0.29) is 12.5 Å². The molecule has 5 heteroatoms. The van der Waals surface area contributed by atoms with Crippen LogP contribution >= 0.6 is 15.9 Å². The molecule has 0 aliphatic carbocycles. The van der Waals surface area contributed by atoms with Crippen LogP contribution in [0.15, 0.2) is 53.0 Å². The number of aliphatic hydroxyl groups excluding tert-OH is 1. The Balaban J connectivity index is 1.96. The lowest BCUT2D eigenvalue weighted by Gasteiger charge is -2.16. The Labute approximate surface area is 138 Å². The zero-order valence-electron chi connectivity index (χ0n) is 12.6. The van der Waals surface area contributed by atoms with Crippen molar-refractivity contribution in [2.45, 2.75) is 6.10 Å². The van der Waals surface area contributed by atoms with Crippen LogP contribution in [0.25, 0.3) is 0 Å². The molecule has 2 N–H and O–H groups in total. The van der Waals surface area contributed by atoms with Crippen LogP contribution in [-0.2, 0) is 0 Å². The topological polar surface area (TPSA) is 52.6 Å². The molecule has 0 heterocycles. The molecule has 0 unspecified atom stereocenters. The number of carbonyl (C=O) groups is 1. The summed E-state index contributed by atoms with van der Waals surface area (Å²) < 4.78 is 0.734. The molecule has 1 atom stereocenters. The van der Waals surface area contributed by atoms with Gasteiger partial charge < -0.3 is 15.3 Å². The van der Waals surface area contributed by atoms with E-state index in [1.54, 1.807) is 12.1 Å². The van der Waals surface area contributed by atoms with Crippen LogP contribution in [0.3, 0.4) is 0 Å². The molecule has 0 spiro atoms. The molecule has 0 saturated heterocycles. The lowest BCUT2D eigenvalue weighted by molar-refractivity contribution is 0.0915. The quantitative estimate of drug-likeness (QED) is 0.859. The molecular formula is C17H19BrN2O2. The molecule has 0 saturated carbocycles. The van der Waals surface area contributed by atoms with Gasteiger partial charge in [-0.25, -0.2) is 0 Å². The van der Waals surface area contributed by atoms with Gasteiger partial charge in [-0.15, -0.1) is 0 Å². The summed E-state index contributed by atoms with van der Waals surface area (Å²) in [6, 6.07) is 14.8. The van der Waals surface area contributed by atoms with Crippen molar-refractivity contribution in [3.05, 3.63) is 64.1 Å². The Morgan fingerprint density at radius 2 is 1.82 bits per heavy atom. The maximum atomic E-state index is 12.1. The lowest BCUT2D eigenvalue weighted by atomic mass is 10.1. The first-order valence-electron chi connectivity index (χ1n) is 6.97. The van der Waals surface area contributed by atoms with Crippen LogP contribution in [0.1, 0.15) is 22.0 Å². The number of hydrogen-bond donors (Lipinski definition) is 2. The summed E-state index contributed by atoms with van der Waals surface area (Å²) in [4.78, 5) is 14.1. The molecule has 0 aliphatic rings. The predicted octanol–water partition coefficient (Wildman–Crippen LogP) is 2.98. The third kappa shape index (κ3) is 4.08. The van der Waals surface area contributed by atoms with Gasteiger partial charge in [0.1, 0.15) is 0 Å². The number of halogens is 1. The zero-order chi connectivity index (χ0) is 16.1. The minimum atomic E-state index is -0.734. The van der Waals surface area contributed by atoms with Gasteiger partial charge in [0, 0.05) is 30.8 Å². The molecule has 0 aliphatic heterocycles. The molecule has 0 fully saturated rings. The highest BCUT2D eigenvalue weighted by atomic mass is 79.9. The van der Waals surface area contributed by atoms with Crippen molar-refractivity contribution in [3.8, 4) is 0 Å². The summed E-state index contributed by atoms with van der Waals surface area (Å²) in [5.74, 6) is -0.212. The van der Waals surface area contributed by atoms with Gasteiger partial charge in [-0.2, -0.15) is 0 Å². The van der Waals surface area contributed by atoms with Crippen molar-refractivity contribution in [3.63, 3.8) is 0 Å². The highest BCUT2D eigenvalue weighted by Gasteiger charge is 2.12. The summed E-state index contributed by atoms with van der Waals surface area (Å²) in [6.07, 6.45) is -0.734. The Bertz CT molecular complexity index is 641. The van der Waals surface area contributed by atoms with Crippen molar-refractivity contribution in [1.29, 1.82) is 0 Å². The number of nitrogens with one attached hydrogen (secondary N) is 1. The van der Waals surface area contributed by atoms with Gasteiger partial charge in [-0.05, 0) is 45.8 Å². The highest BCUT2D eigenvalue weighted by molar-refractivity contribution is 9.10. The van der Waals surface area contributed by atoms with Crippen LogP contribution in [0.2, 0.25) is 0 Å². The lowest BCUT2D eigenvalue weighted by Crippen LogP contribution is -2.28. The number of carbonyl (C=O) groups excluding carboxylic acids is 1.